The van der Waals surface area contributed by atoms with Gasteiger partial charge in [0.2, 0.25) is 5.91 Å². The number of amides is 1. The molecule has 28 heavy (non-hydrogen) atoms. The van der Waals surface area contributed by atoms with Gasteiger partial charge in [0.15, 0.2) is 10.9 Å². The lowest BCUT2D eigenvalue weighted by molar-refractivity contribution is -0.119. The highest BCUT2D eigenvalue weighted by Crippen LogP contribution is 2.23. The molecule has 1 unspecified atom stereocenters. The molecule has 0 saturated heterocycles. The number of rotatable bonds is 7. The Balaban J connectivity index is 1.64. The Labute approximate surface area is 176 Å². The van der Waals surface area contributed by atoms with E-state index in [-0.39, 0.29) is 17.7 Å². The molecule has 1 atom stereocenters. The van der Waals surface area contributed by atoms with E-state index < -0.39 is 0 Å². The summed E-state index contributed by atoms with van der Waals surface area (Å²) < 4.78 is 2.97. The zero-order valence-corrected chi connectivity index (χ0v) is 18.0. The van der Waals surface area contributed by atoms with Gasteiger partial charge in [-0.3, -0.25) is 14.2 Å². The van der Waals surface area contributed by atoms with Crippen molar-refractivity contribution in [2.75, 3.05) is 5.75 Å². The largest absolute Gasteiger partial charge is 0.350 e. The van der Waals surface area contributed by atoms with Crippen LogP contribution in [0.1, 0.15) is 35.8 Å². The van der Waals surface area contributed by atoms with Crippen LogP contribution >= 0.6 is 27.7 Å². The molecular weight excluding hydrogens is 438 g/mol. The molecule has 1 aromatic heterocycles. The SMILES string of the molecule is CC(=O)NC(C)c1ccc(C(=O)CSc2nccn2-c2ccc(Br)cc2)cc1. The van der Waals surface area contributed by atoms with Crippen LogP contribution in [0.15, 0.2) is 70.6 Å². The second-order valence-corrected chi connectivity index (χ2v) is 8.17. The minimum Gasteiger partial charge on any atom is -0.350 e. The number of carbonyl (C=O) groups excluding carboxylic acids is 2. The van der Waals surface area contributed by atoms with Crippen LogP contribution in [0.2, 0.25) is 0 Å². The topological polar surface area (TPSA) is 64.0 Å². The first-order valence-corrected chi connectivity index (χ1v) is 10.5. The third kappa shape index (κ3) is 5.11. The van der Waals surface area contributed by atoms with Crippen molar-refractivity contribution < 1.29 is 9.59 Å². The lowest BCUT2D eigenvalue weighted by Crippen LogP contribution is -2.23. The Kier molecular flexibility index (Phi) is 6.70. The maximum absolute atomic E-state index is 12.6. The molecule has 5 nitrogen and oxygen atoms in total. The van der Waals surface area contributed by atoms with Crippen LogP contribution in [0.4, 0.5) is 0 Å². The van der Waals surface area contributed by atoms with Crippen molar-refractivity contribution in [1.29, 1.82) is 0 Å². The molecular formula is C21H20BrN3O2S. The van der Waals surface area contributed by atoms with E-state index >= 15 is 0 Å². The van der Waals surface area contributed by atoms with Crippen molar-refractivity contribution >= 4 is 39.4 Å². The highest BCUT2D eigenvalue weighted by Gasteiger charge is 2.12. The fourth-order valence-electron chi connectivity index (χ4n) is 2.75. The Morgan fingerprint density at radius 1 is 1.14 bits per heavy atom. The van der Waals surface area contributed by atoms with Crippen LogP contribution < -0.4 is 5.32 Å². The molecule has 1 amide bonds. The van der Waals surface area contributed by atoms with Gasteiger partial charge in [-0.05, 0) is 36.8 Å². The molecule has 1 heterocycles. The van der Waals surface area contributed by atoms with Crippen molar-refractivity contribution in [3.05, 3.63) is 76.5 Å². The van der Waals surface area contributed by atoms with E-state index in [9.17, 15) is 9.59 Å². The standard InChI is InChI=1S/C21H20BrN3O2S/c1-14(24-15(2)26)16-3-5-17(6-4-16)20(27)13-28-21-23-11-12-25(21)19-9-7-18(22)8-10-19/h3-12,14H,13H2,1-2H3,(H,24,26). The predicted molar refractivity (Wildman–Crippen MR) is 115 cm³/mol. The van der Waals surface area contributed by atoms with Gasteiger partial charge >= 0.3 is 0 Å². The van der Waals surface area contributed by atoms with Gasteiger partial charge in [-0.1, -0.05) is 52.0 Å². The van der Waals surface area contributed by atoms with Gasteiger partial charge in [0, 0.05) is 35.0 Å². The van der Waals surface area contributed by atoms with Crippen LogP contribution in [0, 0.1) is 0 Å². The summed E-state index contributed by atoms with van der Waals surface area (Å²) in [6.45, 7) is 3.40. The van der Waals surface area contributed by atoms with Gasteiger partial charge < -0.3 is 5.32 Å². The summed E-state index contributed by atoms with van der Waals surface area (Å²) in [7, 11) is 0. The number of ketones is 1. The van der Waals surface area contributed by atoms with Crippen LogP contribution in [-0.4, -0.2) is 27.0 Å². The molecule has 1 N–H and O–H groups in total. The van der Waals surface area contributed by atoms with Crippen molar-refractivity contribution in [1.82, 2.24) is 14.9 Å². The molecule has 0 aliphatic carbocycles. The first-order valence-electron chi connectivity index (χ1n) is 8.76. The maximum atomic E-state index is 12.6. The average molecular weight is 458 g/mol. The van der Waals surface area contributed by atoms with Gasteiger partial charge in [0.05, 0.1) is 11.8 Å². The normalized spacial score (nSPS) is 11.8. The zero-order valence-electron chi connectivity index (χ0n) is 15.6. The molecule has 2 aromatic carbocycles. The molecule has 144 valence electrons. The summed E-state index contributed by atoms with van der Waals surface area (Å²) in [5, 5.41) is 3.60. The van der Waals surface area contributed by atoms with E-state index in [4.69, 9.17) is 0 Å². The number of Topliss-reactive ketones (excluding diaryl/α,β-unsaturated/α-hetero) is 1. The number of thioether (sulfide) groups is 1. The van der Waals surface area contributed by atoms with Crippen LogP contribution in [-0.2, 0) is 4.79 Å². The molecule has 3 rings (SSSR count). The minimum absolute atomic E-state index is 0.0362. The molecule has 0 saturated carbocycles. The summed E-state index contributed by atoms with van der Waals surface area (Å²) in [5.74, 6) is 0.258. The fourth-order valence-corrected chi connectivity index (χ4v) is 3.89. The van der Waals surface area contributed by atoms with E-state index in [2.05, 4.69) is 26.2 Å². The van der Waals surface area contributed by atoms with Crippen LogP contribution in [0.25, 0.3) is 5.69 Å². The predicted octanol–water partition coefficient (Wildman–Crippen LogP) is 4.81. The third-order valence-corrected chi connectivity index (χ3v) is 5.69. The minimum atomic E-state index is -0.0885. The average Bonchev–Trinajstić information content (AvgIpc) is 3.15. The number of benzene rings is 2. The van der Waals surface area contributed by atoms with Gasteiger partial charge in [0.1, 0.15) is 0 Å². The number of halogens is 1. The van der Waals surface area contributed by atoms with E-state index in [1.807, 2.05) is 54.1 Å². The van der Waals surface area contributed by atoms with E-state index in [1.165, 1.54) is 18.7 Å². The molecule has 0 fully saturated rings. The zero-order chi connectivity index (χ0) is 20.1. The number of hydrogen-bond acceptors (Lipinski definition) is 4. The Hall–Kier alpha value is -2.38. The second kappa shape index (κ2) is 9.21. The number of hydrogen-bond donors (Lipinski definition) is 1. The van der Waals surface area contributed by atoms with Gasteiger partial charge in [-0.2, -0.15) is 0 Å². The monoisotopic (exact) mass is 457 g/mol. The molecule has 3 aromatic rings. The third-order valence-electron chi connectivity index (χ3n) is 4.20. The fraction of sp³-hybridized carbons (Fsp3) is 0.190. The first-order chi connectivity index (χ1) is 13.4. The number of nitrogens with zero attached hydrogens (tertiary/aromatic N) is 2. The molecule has 7 heteroatoms. The highest BCUT2D eigenvalue weighted by molar-refractivity contribution is 9.10. The Morgan fingerprint density at radius 2 is 1.82 bits per heavy atom. The molecule has 0 aliphatic heterocycles. The van der Waals surface area contributed by atoms with Crippen LogP contribution in [0.3, 0.4) is 0 Å². The van der Waals surface area contributed by atoms with Crippen LogP contribution in [0.5, 0.6) is 0 Å². The summed E-state index contributed by atoms with van der Waals surface area (Å²) in [6, 6.07) is 15.2. The number of aromatic nitrogens is 2. The van der Waals surface area contributed by atoms with Gasteiger partial charge in [-0.15, -0.1) is 0 Å². The summed E-state index contributed by atoms with van der Waals surface area (Å²) in [5.41, 5.74) is 2.60. The summed E-state index contributed by atoms with van der Waals surface area (Å²) >= 11 is 4.84. The molecule has 0 aliphatic rings. The van der Waals surface area contributed by atoms with E-state index in [0.717, 1.165) is 20.9 Å². The van der Waals surface area contributed by atoms with Gasteiger partial charge in [0.25, 0.3) is 0 Å². The molecule has 0 bridgehead atoms. The number of imidazole rings is 1. The first kappa shape index (κ1) is 20.4. The van der Waals surface area contributed by atoms with E-state index in [0.29, 0.717) is 11.3 Å². The van der Waals surface area contributed by atoms with Gasteiger partial charge in [-0.25, -0.2) is 4.98 Å². The second-order valence-electron chi connectivity index (χ2n) is 6.31. The lowest BCUT2D eigenvalue weighted by Gasteiger charge is -2.13. The number of carbonyl (C=O) groups is 2. The summed E-state index contributed by atoms with van der Waals surface area (Å²) in [6.07, 6.45) is 3.61. The van der Waals surface area contributed by atoms with E-state index in [1.54, 1.807) is 18.3 Å². The Morgan fingerprint density at radius 3 is 2.46 bits per heavy atom. The molecule has 0 radical (unpaired) electrons. The van der Waals surface area contributed by atoms with Crippen molar-refractivity contribution in [3.8, 4) is 5.69 Å². The molecule has 0 spiro atoms. The van der Waals surface area contributed by atoms with Crippen molar-refractivity contribution in [2.45, 2.75) is 25.0 Å². The van der Waals surface area contributed by atoms with Crippen molar-refractivity contribution in [3.63, 3.8) is 0 Å². The highest BCUT2D eigenvalue weighted by atomic mass is 79.9. The smallest absolute Gasteiger partial charge is 0.217 e. The maximum Gasteiger partial charge on any atom is 0.217 e. The lowest BCUT2D eigenvalue weighted by atomic mass is 10.0. The number of nitrogens with one attached hydrogen (secondary N) is 1. The summed E-state index contributed by atoms with van der Waals surface area (Å²) in [4.78, 5) is 28.1. The van der Waals surface area contributed by atoms with Crippen molar-refractivity contribution in [2.24, 2.45) is 0 Å². The Bertz CT molecular complexity index is 968. The quantitative estimate of drug-likeness (QED) is 0.408.